The van der Waals surface area contributed by atoms with Gasteiger partial charge in [0, 0.05) is 37.9 Å². The Bertz CT molecular complexity index is 982. The molecule has 1 aromatic heterocycles. The summed E-state index contributed by atoms with van der Waals surface area (Å²) in [5.74, 6) is 1.87. The average molecular weight is 434 g/mol. The van der Waals surface area contributed by atoms with Crippen LogP contribution in [0.4, 0.5) is 5.82 Å². The van der Waals surface area contributed by atoms with Crippen LogP contribution in [0.2, 0.25) is 0 Å². The number of benzene rings is 1. The van der Waals surface area contributed by atoms with Crippen molar-refractivity contribution >= 4 is 21.7 Å². The zero-order valence-electron chi connectivity index (χ0n) is 17.6. The second-order valence-electron chi connectivity index (χ2n) is 7.25. The third-order valence-electron chi connectivity index (χ3n) is 4.94. The van der Waals surface area contributed by atoms with Gasteiger partial charge < -0.3 is 14.5 Å². The number of ether oxygens (including phenoxy) is 1. The molecule has 0 saturated carbocycles. The smallest absolute Gasteiger partial charge is 0.241 e. The van der Waals surface area contributed by atoms with Crippen LogP contribution in [0.25, 0.3) is 0 Å². The molecule has 162 valence electrons. The van der Waals surface area contributed by atoms with E-state index in [2.05, 4.69) is 19.6 Å². The lowest BCUT2D eigenvalue weighted by Crippen LogP contribution is -2.54. The number of sulfonamides is 1. The molecule has 1 fully saturated rings. The first kappa shape index (κ1) is 22.0. The van der Waals surface area contributed by atoms with Crippen LogP contribution in [0, 0.1) is 13.8 Å². The van der Waals surface area contributed by atoms with E-state index in [0.29, 0.717) is 37.8 Å². The van der Waals surface area contributed by atoms with Gasteiger partial charge in [-0.2, -0.15) is 4.72 Å². The molecule has 30 heavy (non-hydrogen) atoms. The lowest BCUT2D eigenvalue weighted by atomic mass is 10.2. The van der Waals surface area contributed by atoms with Gasteiger partial charge in [0.25, 0.3) is 0 Å². The molecule has 1 aromatic carbocycles. The van der Waals surface area contributed by atoms with Crippen LogP contribution >= 0.6 is 0 Å². The van der Waals surface area contributed by atoms with Crippen molar-refractivity contribution in [1.82, 2.24) is 19.6 Å². The molecule has 0 spiro atoms. The van der Waals surface area contributed by atoms with Gasteiger partial charge >= 0.3 is 0 Å². The second kappa shape index (κ2) is 8.97. The Morgan fingerprint density at radius 2 is 1.73 bits per heavy atom. The quantitative estimate of drug-likeness (QED) is 0.728. The largest absolute Gasteiger partial charge is 0.497 e. The Morgan fingerprint density at radius 1 is 1.10 bits per heavy atom. The summed E-state index contributed by atoms with van der Waals surface area (Å²) in [5, 5.41) is 0. The summed E-state index contributed by atoms with van der Waals surface area (Å²) in [4.78, 5) is 25.4. The van der Waals surface area contributed by atoms with Crippen LogP contribution in [-0.2, 0) is 14.8 Å². The fourth-order valence-electron chi connectivity index (χ4n) is 3.40. The van der Waals surface area contributed by atoms with E-state index in [-0.39, 0.29) is 10.8 Å². The highest BCUT2D eigenvalue weighted by atomic mass is 32.2. The minimum atomic E-state index is -3.81. The van der Waals surface area contributed by atoms with Crippen LogP contribution in [0.5, 0.6) is 5.75 Å². The number of methoxy groups -OCH3 is 1. The van der Waals surface area contributed by atoms with Crippen molar-refractivity contribution in [2.24, 2.45) is 0 Å². The van der Waals surface area contributed by atoms with E-state index in [1.54, 1.807) is 24.0 Å². The highest BCUT2D eigenvalue weighted by Gasteiger charge is 2.28. The lowest BCUT2D eigenvalue weighted by Gasteiger charge is -2.36. The maximum Gasteiger partial charge on any atom is 0.241 e. The van der Waals surface area contributed by atoms with Gasteiger partial charge in [-0.25, -0.2) is 18.4 Å². The minimum Gasteiger partial charge on any atom is -0.497 e. The van der Waals surface area contributed by atoms with E-state index in [0.717, 1.165) is 11.5 Å². The summed E-state index contributed by atoms with van der Waals surface area (Å²) < 4.78 is 32.7. The van der Waals surface area contributed by atoms with E-state index in [9.17, 15) is 13.2 Å². The van der Waals surface area contributed by atoms with Crippen molar-refractivity contribution in [2.75, 3.05) is 38.2 Å². The maximum absolute atomic E-state index is 12.8. The van der Waals surface area contributed by atoms with Gasteiger partial charge in [-0.3, -0.25) is 4.79 Å². The van der Waals surface area contributed by atoms with Gasteiger partial charge in [0.1, 0.15) is 17.4 Å². The van der Waals surface area contributed by atoms with Crippen LogP contribution < -0.4 is 14.4 Å². The molecular formula is C20H27N5O4S. The molecule has 0 radical (unpaired) electrons. The summed E-state index contributed by atoms with van der Waals surface area (Å²) in [5.41, 5.74) is 0.901. The zero-order chi connectivity index (χ0) is 21.9. The Morgan fingerprint density at radius 3 is 2.30 bits per heavy atom. The Labute approximate surface area is 177 Å². The van der Waals surface area contributed by atoms with Crippen LogP contribution in [-0.4, -0.2) is 68.5 Å². The molecule has 1 N–H and O–H groups in total. The van der Waals surface area contributed by atoms with Gasteiger partial charge in [-0.1, -0.05) is 0 Å². The summed E-state index contributed by atoms with van der Waals surface area (Å²) in [6.07, 6.45) is 0. The molecule has 2 aromatic rings. The summed E-state index contributed by atoms with van der Waals surface area (Å²) in [6.45, 7) is 7.58. The fourth-order valence-corrected chi connectivity index (χ4v) is 4.59. The van der Waals surface area contributed by atoms with E-state index in [1.807, 2.05) is 19.9 Å². The van der Waals surface area contributed by atoms with Gasteiger partial charge in [-0.15, -0.1) is 0 Å². The Kier molecular flexibility index (Phi) is 6.57. The van der Waals surface area contributed by atoms with E-state index < -0.39 is 16.1 Å². The molecule has 0 unspecified atom stereocenters. The first-order valence-electron chi connectivity index (χ1n) is 9.72. The molecule has 10 heteroatoms. The average Bonchev–Trinajstić information content (AvgIpc) is 2.72. The van der Waals surface area contributed by atoms with Crippen molar-refractivity contribution in [3.05, 3.63) is 41.9 Å². The molecule has 2 heterocycles. The standard InChI is InChI=1S/C20H27N5O4S/c1-14-13-19(22-16(3)21-14)24-9-11-25(12-10-24)20(26)15(2)23-30(27,28)18-7-5-17(29-4)6-8-18/h5-8,13,15,23H,9-12H2,1-4H3/t15-/m0/s1. The third kappa shape index (κ3) is 5.06. The number of amides is 1. The van der Waals surface area contributed by atoms with Crippen molar-refractivity contribution in [3.8, 4) is 5.75 Å². The molecule has 0 bridgehead atoms. The lowest BCUT2D eigenvalue weighted by molar-refractivity contribution is -0.132. The molecule has 3 rings (SSSR count). The van der Waals surface area contributed by atoms with Gasteiger partial charge in [0.15, 0.2) is 0 Å². The molecule has 1 atom stereocenters. The van der Waals surface area contributed by atoms with Crippen molar-refractivity contribution in [1.29, 1.82) is 0 Å². The van der Waals surface area contributed by atoms with E-state index in [4.69, 9.17) is 4.74 Å². The van der Waals surface area contributed by atoms with Crippen LogP contribution in [0.15, 0.2) is 35.2 Å². The number of carbonyl (C=O) groups is 1. The molecule has 1 saturated heterocycles. The molecule has 1 aliphatic rings. The normalized spacial score (nSPS) is 15.7. The molecule has 1 amide bonds. The summed E-state index contributed by atoms with van der Waals surface area (Å²) >= 11 is 0. The number of nitrogens with zero attached hydrogens (tertiary/aromatic N) is 4. The number of aryl methyl sites for hydroxylation is 2. The zero-order valence-corrected chi connectivity index (χ0v) is 18.4. The van der Waals surface area contributed by atoms with Gasteiger partial charge in [0.2, 0.25) is 15.9 Å². The molecule has 9 nitrogen and oxygen atoms in total. The number of hydrogen-bond acceptors (Lipinski definition) is 7. The second-order valence-corrected chi connectivity index (χ2v) is 8.96. The highest BCUT2D eigenvalue weighted by Crippen LogP contribution is 2.17. The fraction of sp³-hybridized carbons (Fsp3) is 0.450. The number of aromatic nitrogens is 2. The number of rotatable bonds is 6. The van der Waals surface area contributed by atoms with Crippen molar-refractivity contribution < 1.29 is 17.9 Å². The van der Waals surface area contributed by atoms with Crippen LogP contribution in [0.3, 0.4) is 0 Å². The van der Waals surface area contributed by atoms with E-state index >= 15 is 0 Å². The minimum absolute atomic E-state index is 0.0854. The monoisotopic (exact) mass is 433 g/mol. The summed E-state index contributed by atoms with van der Waals surface area (Å²) in [7, 11) is -2.30. The Balaban J connectivity index is 1.60. The van der Waals surface area contributed by atoms with Crippen molar-refractivity contribution in [2.45, 2.75) is 31.7 Å². The van der Waals surface area contributed by atoms with Crippen molar-refractivity contribution in [3.63, 3.8) is 0 Å². The number of piperazine rings is 1. The number of hydrogen-bond donors (Lipinski definition) is 1. The maximum atomic E-state index is 12.8. The van der Waals surface area contributed by atoms with E-state index in [1.165, 1.54) is 19.2 Å². The summed E-state index contributed by atoms with van der Waals surface area (Å²) in [6, 6.07) is 7.09. The highest BCUT2D eigenvalue weighted by molar-refractivity contribution is 7.89. The molecular weight excluding hydrogens is 406 g/mol. The van der Waals surface area contributed by atoms with Gasteiger partial charge in [0.05, 0.1) is 18.0 Å². The number of anilines is 1. The number of nitrogens with one attached hydrogen (secondary N) is 1. The van der Waals surface area contributed by atoms with Crippen LogP contribution in [0.1, 0.15) is 18.4 Å². The predicted molar refractivity (Wildman–Crippen MR) is 113 cm³/mol. The van der Waals surface area contributed by atoms with Gasteiger partial charge in [-0.05, 0) is 45.0 Å². The Hall–Kier alpha value is -2.72. The first-order chi connectivity index (χ1) is 14.2. The third-order valence-corrected chi connectivity index (χ3v) is 6.50. The SMILES string of the molecule is COc1ccc(S(=O)(=O)N[C@@H](C)C(=O)N2CCN(c3cc(C)nc(C)n3)CC2)cc1. The predicted octanol–water partition coefficient (Wildman–Crippen LogP) is 1.12. The molecule has 1 aliphatic heterocycles. The molecule has 0 aliphatic carbocycles. The number of carbonyl (C=O) groups excluding carboxylic acids is 1. The topological polar surface area (TPSA) is 105 Å². The first-order valence-corrected chi connectivity index (χ1v) is 11.2.